The fraction of sp³-hybridized carbons (Fsp3) is 0.364. The molecule has 2 nitrogen and oxygen atoms in total. The molecule has 0 aliphatic carbocycles. The van der Waals surface area contributed by atoms with Crippen LogP contribution < -0.4 is 0 Å². The summed E-state index contributed by atoms with van der Waals surface area (Å²) in [5.41, 5.74) is 0.409. The molecule has 0 heterocycles. The molecule has 0 aliphatic heterocycles. The zero-order valence-electron chi connectivity index (χ0n) is 8.93. The van der Waals surface area contributed by atoms with Gasteiger partial charge >= 0.3 is 0 Å². The Morgan fingerprint density at radius 3 is 2.18 bits per heavy atom. The van der Waals surface area contributed by atoms with E-state index in [4.69, 9.17) is 46.4 Å². The third kappa shape index (κ3) is 4.22. The van der Waals surface area contributed by atoms with Gasteiger partial charge in [-0.15, -0.1) is 23.2 Å². The number of carbonyl (C=O) groups excluding carboxylic acids is 1. The quantitative estimate of drug-likeness (QED) is 0.754. The summed E-state index contributed by atoms with van der Waals surface area (Å²) in [5, 5.41) is 0.824. The third-order valence-electron chi connectivity index (χ3n) is 2.16. The van der Waals surface area contributed by atoms with Crippen LogP contribution in [0.15, 0.2) is 18.2 Å². The SMILES string of the molecule is O=C(c1ccc(Cl)cc1Cl)N(CCCl)CCCl. The van der Waals surface area contributed by atoms with E-state index >= 15 is 0 Å². The van der Waals surface area contributed by atoms with Crippen LogP contribution in [-0.2, 0) is 0 Å². The number of benzene rings is 1. The Hall–Kier alpha value is -0.150. The van der Waals surface area contributed by atoms with Crippen LogP contribution in [0.5, 0.6) is 0 Å². The Morgan fingerprint density at radius 1 is 1.12 bits per heavy atom. The van der Waals surface area contributed by atoms with Crippen LogP contribution in [0.1, 0.15) is 10.4 Å². The first-order valence-corrected chi connectivity index (χ1v) is 6.79. The number of hydrogen-bond donors (Lipinski definition) is 0. The van der Waals surface area contributed by atoms with E-state index in [0.717, 1.165) is 0 Å². The Labute approximate surface area is 120 Å². The lowest BCUT2D eigenvalue weighted by Crippen LogP contribution is -2.34. The first kappa shape index (κ1) is 14.9. The highest BCUT2D eigenvalue weighted by atomic mass is 35.5. The monoisotopic (exact) mass is 313 g/mol. The fourth-order valence-corrected chi connectivity index (χ4v) is 2.25. The Bertz CT molecular complexity index is 391. The van der Waals surface area contributed by atoms with E-state index in [0.29, 0.717) is 40.5 Å². The lowest BCUT2D eigenvalue weighted by atomic mass is 10.2. The van der Waals surface area contributed by atoms with E-state index in [1.54, 1.807) is 17.0 Å². The fourth-order valence-electron chi connectivity index (χ4n) is 1.35. The molecule has 0 aliphatic rings. The summed E-state index contributed by atoms with van der Waals surface area (Å²) in [6, 6.07) is 4.76. The van der Waals surface area contributed by atoms with Crippen LogP contribution in [0.25, 0.3) is 0 Å². The van der Waals surface area contributed by atoms with Crippen molar-refractivity contribution in [1.29, 1.82) is 0 Å². The van der Waals surface area contributed by atoms with Crippen molar-refractivity contribution in [2.24, 2.45) is 0 Å². The van der Waals surface area contributed by atoms with Crippen molar-refractivity contribution < 1.29 is 4.79 Å². The predicted octanol–water partition coefficient (Wildman–Crippen LogP) is 3.91. The summed E-state index contributed by atoms with van der Waals surface area (Å²) in [6.45, 7) is 0.873. The molecule has 0 atom stereocenters. The molecule has 0 bridgehead atoms. The van der Waals surface area contributed by atoms with Gasteiger partial charge in [-0.3, -0.25) is 4.79 Å². The van der Waals surface area contributed by atoms with Gasteiger partial charge in [-0.2, -0.15) is 0 Å². The summed E-state index contributed by atoms with van der Waals surface area (Å²) in [4.78, 5) is 13.7. The van der Waals surface area contributed by atoms with E-state index in [9.17, 15) is 4.79 Å². The van der Waals surface area contributed by atoms with E-state index in [-0.39, 0.29) is 5.91 Å². The molecule has 1 aromatic carbocycles. The van der Waals surface area contributed by atoms with Crippen molar-refractivity contribution in [1.82, 2.24) is 4.90 Å². The molecule has 0 aromatic heterocycles. The average Bonchev–Trinajstić information content (AvgIpc) is 2.28. The minimum atomic E-state index is -0.187. The van der Waals surface area contributed by atoms with Crippen molar-refractivity contribution in [2.45, 2.75) is 0 Å². The molecular formula is C11H11Cl4NO. The number of rotatable bonds is 5. The predicted molar refractivity (Wildman–Crippen MR) is 73.8 cm³/mol. The molecule has 1 amide bonds. The topological polar surface area (TPSA) is 20.3 Å². The molecule has 0 N–H and O–H groups in total. The van der Waals surface area contributed by atoms with E-state index < -0.39 is 0 Å². The normalized spacial score (nSPS) is 10.4. The highest BCUT2D eigenvalue weighted by Crippen LogP contribution is 2.22. The number of alkyl halides is 2. The maximum Gasteiger partial charge on any atom is 0.255 e. The van der Waals surface area contributed by atoms with Crippen molar-refractivity contribution in [3.63, 3.8) is 0 Å². The number of nitrogens with zero attached hydrogens (tertiary/aromatic N) is 1. The number of hydrogen-bond acceptors (Lipinski definition) is 1. The molecule has 1 rings (SSSR count). The van der Waals surface area contributed by atoms with Crippen LogP contribution in [0, 0.1) is 0 Å². The lowest BCUT2D eigenvalue weighted by Gasteiger charge is -2.21. The molecule has 94 valence electrons. The second-order valence-corrected chi connectivity index (χ2v) is 4.89. The van der Waals surface area contributed by atoms with Crippen LogP contribution in [0.2, 0.25) is 10.0 Å². The van der Waals surface area contributed by atoms with Crippen molar-refractivity contribution in [2.75, 3.05) is 24.8 Å². The minimum absolute atomic E-state index is 0.187. The van der Waals surface area contributed by atoms with Gasteiger partial charge in [0.05, 0.1) is 10.6 Å². The zero-order valence-corrected chi connectivity index (χ0v) is 12.0. The molecule has 17 heavy (non-hydrogen) atoms. The van der Waals surface area contributed by atoms with E-state index in [1.165, 1.54) is 6.07 Å². The Morgan fingerprint density at radius 2 is 1.71 bits per heavy atom. The van der Waals surface area contributed by atoms with Crippen molar-refractivity contribution in [3.05, 3.63) is 33.8 Å². The molecule has 0 saturated heterocycles. The molecular weight excluding hydrogens is 304 g/mol. The van der Waals surface area contributed by atoms with Crippen LogP contribution >= 0.6 is 46.4 Å². The van der Waals surface area contributed by atoms with Gasteiger partial charge in [0.25, 0.3) is 5.91 Å². The maximum atomic E-state index is 12.1. The minimum Gasteiger partial charge on any atom is -0.336 e. The first-order valence-electron chi connectivity index (χ1n) is 4.96. The maximum absolute atomic E-state index is 12.1. The van der Waals surface area contributed by atoms with E-state index in [2.05, 4.69) is 0 Å². The summed E-state index contributed by atoms with van der Waals surface area (Å²) >= 11 is 23.0. The van der Waals surface area contributed by atoms with Gasteiger partial charge in [0, 0.05) is 29.9 Å². The second kappa shape index (κ2) is 7.32. The Kier molecular flexibility index (Phi) is 6.42. The standard InChI is InChI=1S/C11H11Cl4NO/c12-3-5-16(6-4-13)11(17)9-2-1-8(14)7-10(9)15/h1-2,7H,3-6H2. The molecule has 6 heteroatoms. The average molecular weight is 315 g/mol. The summed E-state index contributed by atoms with van der Waals surface area (Å²) < 4.78 is 0. The highest BCUT2D eigenvalue weighted by molar-refractivity contribution is 6.36. The molecule has 0 saturated carbocycles. The summed E-state index contributed by atoms with van der Waals surface area (Å²) in [5.74, 6) is 0.523. The largest absolute Gasteiger partial charge is 0.336 e. The second-order valence-electron chi connectivity index (χ2n) is 3.29. The van der Waals surface area contributed by atoms with Crippen LogP contribution in [0.4, 0.5) is 0 Å². The number of amides is 1. The zero-order chi connectivity index (χ0) is 12.8. The van der Waals surface area contributed by atoms with Gasteiger partial charge in [-0.05, 0) is 18.2 Å². The van der Waals surface area contributed by atoms with Gasteiger partial charge in [-0.1, -0.05) is 23.2 Å². The summed E-state index contributed by atoms with van der Waals surface area (Å²) in [7, 11) is 0. The molecule has 0 spiro atoms. The number of halogens is 4. The van der Waals surface area contributed by atoms with Gasteiger partial charge in [0.1, 0.15) is 0 Å². The first-order chi connectivity index (χ1) is 8.10. The molecule has 1 aromatic rings. The smallest absolute Gasteiger partial charge is 0.255 e. The van der Waals surface area contributed by atoms with E-state index in [1.807, 2.05) is 0 Å². The van der Waals surface area contributed by atoms with Gasteiger partial charge in [0.15, 0.2) is 0 Å². The van der Waals surface area contributed by atoms with Crippen LogP contribution in [-0.4, -0.2) is 35.7 Å². The van der Waals surface area contributed by atoms with Crippen molar-refractivity contribution >= 4 is 52.3 Å². The molecule has 0 unspecified atom stereocenters. The van der Waals surface area contributed by atoms with Crippen LogP contribution in [0.3, 0.4) is 0 Å². The Balaban J connectivity index is 2.92. The molecule has 0 radical (unpaired) electrons. The van der Waals surface area contributed by atoms with Gasteiger partial charge in [-0.25, -0.2) is 0 Å². The highest BCUT2D eigenvalue weighted by Gasteiger charge is 2.17. The molecule has 0 fully saturated rings. The third-order valence-corrected chi connectivity index (χ3v) is 3.04. The van der Waals surface area contributed by atoms with Gasteiger partial charge < -0.3 is 4.90 Å². The summed E-state index contributed by atoms with van der Waals surface area (Å²) in [6.07, 6.45) is 0. The lowest BCUT2D eigenvalue weighted by molar-refractivity contribution is 0.0775. The van der Waals surface area contributed by atoms with Gasteiger partial charge in [0.2, 0.25) is 0 Å². The number of carbonyl (C=O) groups is 1. The van der Waals surface area contributed by atoms with Crippen molar-refractivity contribution in [3.8, 4) is 0 Å².